The third-order valence-corrected chi connectivity index (χ3v) is 3.18. The molecule has 1 N–H and O–H groups in total. The predicted octanol–water partition coefficient (Wildman–Crippen LogP) is 4.18. The molecular formula is C15H22N2. The van der Waals surface area contributed by atoms with E-state index in [4.69, 9.17) is 0 Å². The fourth-order valence-corrected chi connectivity index (χ4v) is 2.29. The number of aromatic nitrogens is 1. The monoisotopic (exact) mass is 230 g/mol. The van der Waals surface area contributed by atoms with Gasteiger partial charge in [0.05, 0.1) is 5.69 Å². The minimum Gasteiger partial charge on any atom is -0.370 e. The number of para-hydroxylation sites is 1. The highest BCUT2D eigenvalue weighted by Crippen LogP contribution is 2.26. The zero-order chi connectivity index (χ0) is 12.1. The van der Waals surface area contributed by atoms with E-state index in [0.717, 1.165) is 13.1 Å². The van der Waals surface area contributed by atoms with E-state index in [1.54, 1.807) is 0 Å². The average Bonchev–Trinajstić information content (AvgIpc) is 2.78. The quantitative estimate of drug-likeness (QED) is 0.788. The molecule has 2 heteroatoms. The molecule has 2 aromatic rings. The minimum atomic E-state index is 1.14. The number of fused-ring (bicyclic) bond motifs is 1. The molecule has 0 spiro atoms. The first kappa shape index (κ1) is 12.0. The van der Waals surface area contributed by atoms with Crippen LogP contribution in [0.5, 0.6) is 0 Å². The molecule has 0 saturated carbocycles. The maximum absolute atomic E-state index is 3.36. The summed E-state index contributed by atoms with van der Waals surface area (Å²) >= 11 is 0. The Balaban J connectivity index is 2.27. The number of nitrogens with zero attached hydrogens (tertiary/aromatic N) is 1. The topological polar surface area (TPSA) is 19.0 Å². The number of benzene rings is 1. The summed E-state index contributed by atoms with van der Waals surface area (Å²) < 4.78 is 0. The van der Waals surface area contributed by atoms with Gasteiger partial charge in [-0.15, -0.1) is 0 Å². The number of hydrogen-bond donors (Lipinski definition) is 1. The van der Waals surface area contributed by atoms with Crippen LogP contribution in [0.1, 0.15) is 33.1 Å². The van der Waals surface area contributed by atoms with Crippen molar-refractivity contribution in [3.05, 3.63) is 30.5 Å². The van der Waals surface area contributed by atoms with Gasteiger partial charge >= 0.3 is 0 Å². The van der Waals surface area contributed by atoms with Gasteiger partial charge < -0.3 is 9.88 Å². The van der Waals surface area contributed by atoms with Crippen LogP contribution in [-0.2, 0) is 0 Å². The average molecular weight is 230 g/mol. The lowest BCUT2D eigenvalue weighted by Gasteiger charge is -2.23. The van der Waals surface area contributed by atoms with Crippen molar-refractivity contribution in [2.24, 2.45) is 0 Å². The molecule has 0 amide bonds. The van der Waals surface area contributed by atoms with Gasteiger partial charge in [-0.3, -0.25) is 0 Å². The first-order valence-electron chi connectivity index (χ1n) is 6.67. The summed E-state index contributed by atoms with van der Waals surface area (Å²) in [6.07, 6.45) is 5.86. The van der Waals surface area contributed by atoms with E-state index in [-0.39, 0.29) is 0 Å². The summed E-state index contributed by atoms with van der Waals surface area (Å²) in [5, 5.41) is 1.34. The Hall–Kier alpha value is -1.44. The van der Waals surface area contributed by atoms with Crippen molar-refractivity contribution < 1.29 is 0 Å². The van der Waals surface area contributed by atoms with Crippen molar-refractivity contribution in [2.75, 3.05) is 18.0 Å². The maximum Gasteiger partial charge on any atom is 0.0623 e. The van der Waals surface area contributed by atoms with Gasteiger partial charge in [0.15, 0.2) is 0 Å². The Bertz CT molecular complexity index is 459. The van der Waals surface area contributed by atoms with E-state index >= 15 is 0 Å². The Morgan fingerprint density at radius 3 is 2.65 bits per heavy atom. The van der Waals surface area contributed by atoms with Crippen LogP contribution in [0.3, 0.4) is 0 Å². The summed E-state index contributed by atoms with van der Waals surface area (Å²) in [6, 6.07) is 8.54. The van der Waals surface area contributed by atoms with Crippen LogP contribution >= 0.6 is 0 Å². The first-order valence-corrected chi connectivity index (χ1v) is 6.67. The molecule has 0 aliphatic heterocycles. The Labute approximate surface area is 104 Å². The molecule has 0 saturated heterocycles. The molecule has 0 atom stereocenters. The third kappa shape index (κ3) is 2.63. The SMILES string of the molecule is CCCCN(CCC)c1c[nH]c2ccccc12. The molecule has 0 aliphatic carbocycles. The maximum atomic E-state index is 3.36. The molecule has 92 valence electrons. The van der Waals surface area contributed by atoms with Gasteiger partial charge in [-0.25, -0.2) is 0 Å². The van der Waals surface area contributed by atoms with Crippen molar-refractivity contribution in [1.29, 1.82) is 0 Å². The van der Waals surface area contributed by atoms with Gasteiger partial charge in [0, 0.05) is 30.2 Å². The molecule has 2 nitrogen and oxygen atoms in total. The Morgan fingerprint density at radius 2 is 1.88 bits per heavy atom. The number of rotatable bonds is 6. The molecule has 0 bridgehead atoms. The van der Waals surface area contributed by atoms with Gasteiger partial charge in [0.25, 0.3) is 0 Å². The molecule has 0 fully saturated rings. The summed E-state index contributed by atoms with van der Waals surface area (Å²) in [6.45, 7) is 6.79. The lowest BCUT2D eigenvalue weighted by atomic mass is 10.2. The van der Waals surface area contributed by atoms with E-state index in [2.05, 4.69) is 54.2 Å². The minimum absolute atomic E-state index is 1.14. The van der Waals surface area contributed by atoms with Crippen LogP contribution in [0.15, 0.2) is 30.5 Å². The zero-order valence-corrected chi connectivity index (χ0v) is 10.9. The van der Waals surface area contributed by atoms with Crippen LogP contribution in [0, 0.1) is 0 Å². The van der Waals surface area contributed by atoms with Crippen LogP contribution in [0.25, 0.3) is 10.9 Å². The highest BCUT2D eigenvalue weighted by atomic mass is 15.1. The van der Waals surface area contributed by atoms with Crippen LogP contribution in [0.2, 0.25) is 0 Å². The summed E-state index contributed by atoms with van der Waals surface area (Å²) in [5.74, 6) is 0. The van der Waals surface area contributed by atoms with Crippen molar-refractivity contribution in [3.63, 3.8) is 0 Å². The third-order valence-electron chi connectivity index (χ3n) is 3.18. The summed E-state index contributed by atoms with van der Waals surface area (Å²) in [5.41, 5.74) is 2.59. The van der Waals surface area contributed by atoms with Crippen LogP contribution in [0.4, 0.5) is 5.69 Å². The molecule has 1 aromatic heterocycles. The van der Waals surface area contributed by atoms with Gasteiger partial charge in [0.1, 0.15) is 0 Å². The second-order valence-corrected chi connectivity index (χ2v) is 4.56. The zero-order valence-electron chi connectivity index (χ0n) is 10.9. The lowest BCUT2D eigenvalue weighted by Crippen LogP contribution is -2.24. The van der Waals surface area contributed by atoms with E-state index in [1.165, 1.54) is 35.9 Å². The number of aromatic amines is 1. The van der Waals surface area contributed by atoms with E-state index in [9.17, 15) is 0 Å². The van der Waals surface area contributed by atoms with Crippen LogP contribution < -0.4 is 4.90 Å². The Morgan fingerprint density at radius 1 is 1.06 bits per heavy atom. The number of nitrogens with one attached hydrogen (secondary N) is 1. The van der Waals surface area contributed by atoms with E-state index < -0.39 is 0 Å². The van der Waals surface area contributed by atoms with E-state index in [0.29, 0.717) is 0 Å². The second kappa shape index (κ2) is 5.76. The number of unbranched alkanes of at least 4 members (excludes halogenated alkanes) is 1. The molecule has 0 aliphatic rings. The van der Waals surface area contributed by atoms with Gasteiger partial charge in [-0.05, 0) is 18.9 Å². The molecule has 17 heavy (non-hydrogen) atoms. The Kier molecular flexibility index (Phi) is 4.08. The lowest BCUT2D eigenvalue weighted by molar-refractivity contribution is 0.706. The largest absolute Gasteiger partial charge is 0.370 e. The van der Waals surface area contributed by atoms with E-state index in [1.807, 2.05) is 0 Å². The predicted molar refractivity (Wildman–Crippen MR) is 75.7 cm³/mol. The molecule has 0 radical (unpaired) electrons. The second-order valence-electron chi connectivity index (χ2n) is 4.56. The summed E-state index contributed by atoms with van der Waals surface area (Å²) in [4.78, 5) is 5.86. The van der Waals surface area contributed by atoms with Crippen molar-refractivity contribution in [2.45, 2.75) is 33.1 Å². The standard InChI is InChI=1S/C15H22N2/c1-3-5-11-17(10-4-2)15-12-16-14-9-7-6-8-13(14)15/h6-9,12,16H,3-5,10-11H2,1-2H3. The van der Waals surface area contributed by atoms with Gasteiger partial charge in [-0.2, -0.15) is 0 Å². The molecule has 1 heterocycles. The van der Waals surface area contributed by atoms with Crippen LogP contribution in [-0.4, -0.2) is 18.1 Å². The smallest absolute Gasteiger partial charge is 0.0623 e. The highest BCUT2D eigenvalue weighted by Gasteiger charge is 2.09. The molecular weight excluding hydrogens is 208 g/mol. The normalized spacial score (nSPS) is 10.9. The van der Waals surface area contributed by atoms with Crippen molar-refractivity contribution in [3.8, 4) is 0 Å². The first-order chi connectivity index (χ1) is 8.36. The molecule has 0 unspecified atom stereocenters. The van der Waals surface area contributed by atoms with Gasteiger partial charge in [-0.1, -0.05) is 38.5 Å². The molecule has 2 rings (SSSR count). The number of hydrogen-bond acceptors (Lipinski definition) is 1. The molecule has 1 aromatic carbocycles. The fraction of sp³-hybridized carbons (Fsp3) is 0.467. The number of H-pyrrole nitrogens is 1. The summed E-state index contributed by atoms with van der Waals surface area (Å²) in [7, 11) is 0. The highest BCUT2D eigenvalue weighted by molar-refractivity contribution is 5.92. The van der Waals surface area contributed by atoms with Crippen molar-refractivity contribution >= 4 is 16.6 Å². The fourth-order valence-electron chi connectivity index (χ4n) is 2.29. The number of anilines is 1. The van der Waals surface area contributed by atoms with Gasteiger partial charge in [0.2, 0.25) is 0 Å². The van der Waals surface area contributed by atoms with Crippen molar-refractivity contribution in [1.82, 2.24) is 4.98 Å².